The van der Waals surface area contributed by atoms with Crippen molar-refractivity contribution >= 4 is 22.3 Å². The molecule has 0 amide bonds. The molecule has 0 unspecified atom stereocenters. The summed E-state index contributed by atoms with van der Waals surface area (Å²) in [4.78, 5) is 29.5. The molecule has 0 bridgehead atoms. The minimum Gasteiger partial charge on any atom is -0.299 e. The maximum atomic E-state index is 14.8. The molecule has 2 aliphatic rings. The Morgan fingerprint density at radius 1 is 0.970 bits per heavy atom. The van der Waals surface area contributed by atoms with Crippen LogP contribution in [0.15, 0.2) is 54.9 Å². The second-order valence-corrected chi connectivity index (χ2v) is 9.85. The van der Waals surface area contributed by atoms with Gasteiger partial charge >= 0.3 is 0 Å². The lowest BCUT2D eigenvalue weighted by Crippen LogP contribution is -2.10. The molecular formula is C29H30FNO2. The summed E-state index contributed by atoms with van der Waals surface area (Å²) < 4.78 is 14.8. The Hall–Kier alpha value is -2.88. The summed E-state index contributed by atoms with van der Waals surface area (Å²) in [5.74, 6) is 0.263. The number of halogens is 1. The van der Waals surface area contributed by atoms with E-state index in [1.807, 2.05) is 36.5 Å². The molecule has 0 aliphatic heterocycles. The molecule has 170 valence electrons. The van der Waals surface area contributed by atoms with Crippen LogP contribution in [0.2, 0.25) is 0 Å². The molecule has 1 aromatic heterocycles. The smallest absolute Gasteiger partial charge is 0.165 e. The maximum absolute atomic E-state index is 14.8. The zero-order valence-electron chi connectivity index (χ0n) is 18.9. The second kappa shape index (κ2) is 9.54. The first kappa shape index (κ1) is 21.9. The van der Waals surface area contributed by atoms with E-state index in [1.54, 1.807) is 12.3 Å². The van der Waals surface area contributed by atoms with Crippen LogP contribution in [-0.2, 0) is 11.2 Å². The highest BCUT2D eigenvalue weighted by molar-refractivity contribution is 5.96. The van der Waals surface area contributed by atoms with E-state index in [0.29, 0.717) is 18.8 Å². The first-order valence-corrected chi connectivity index (χ1v) is 12.3. The molecule has 4 heteroatoms. The van der Waals surface area contributed by atoms with Crippen molar-refractivity contribution < 1.29 is 14.0 Å². The van der Waals surface area contributed by atoms with Crippen LogP contribution in [0, 0.1) is 17.7 Å². The van der Waals surface area contributed by atoms with Gasteiger partial charge in [-0.2, -0.15) is 0 Å². The SMILES string of the molecule is O=C(CCC1CCCCC1)c1ccc([C@@H]2C[C@H]2C(=O)Cc2ccc3cnccc3c2)cc1F. The van der Waals surface area contributed by atoms with Gasteiger partial charge in [0.15, 0.2) is 5.78 Å². The van der Waals surface area contributed by atoms with Crippen molar-refractivity contribution in [2.24, 2.45) is 11.8 Å². The summed E-state index contributed by atoms with van der Waals surface area (Å²) in [6, 6.07) is 12.9. The van der Waals surface area contributed by atoms with Crippen molar-refractivity contribution in [3.63, 3.8) is 0 Å². The fourth-order valence-electron chi connectivity index (χ4n) is 5.43. The normalized spacial score (nSPS) is 20.6. The van der Waals surface area contributed by atoms with Crippen molar-refractivity contribution in [3.8, 4) is 0 Å². The Morgan fingerprint density at radius 3 is 2.64 bits per heavy atom. The summed E-state index contributed by atoms with van der Waals surface area (Å²) >= 11 is 0. The standard InChI is InChI=1S/C29H30FNO2/c30-27-16-22(9-10-24(27)28(32)11-7-19-4-2-1-3-5-19)25-17-26(25)29(33)15-20-6-8-23-18-31-13-12-21(23)14-20/h6,8-10,12-14,16,18-19,25-26H,1-5,7,11,15,17H2/t25-,26+/m0/s1. The van der Waals surface area contributed by atoms with E-state index >= 15 is 0 Å². The second-order valence-electron chi connectivity index (χ2n) is 9.85. The molecule has 2 atom stereocenters. The molecule has 2 aliphatic carbocycles. The number of carbonyl (C=O) groups excluding carboxylic acids is 2. The number of carbonyl (C=O) groups is 2. The summed E-state index contributed by atoms with van der Waals surface area (Å²) in [5, 5.41) is 2.13. The fraction of sp³-hybridized carbons (Fsp3) is 0.414. The number of benzene rings is 2. The molecule has 2 fully saturated rings. The van der Waals surface area contributed by atoms with Crippen molar-refractivity contribution in [1.82, 2.24) is 4.98 Å². The lowest BCUT2D eigenvalue weighted by atomic mass is 9.85. The van der Waals surface area contributed by atoms with Gasteiger partial charge < -0.3 is 0 Å². The topological polar surface area (TPSA) is 47.0 Å². The number of aromatic nitrogens is 1. The van der Waals surface area contributed by atoms with E-state index in [1.165, 1.54) is 38.2 Å². The fourth-order valence-corrected chi connectivity index (χ4v) is 5.43. The molecule has 33 heavy (non-hydrogen) atoms. The molecule has 2 aromatic carbocycles. The van der Waals surface area contributed by atoms with Crippen LogP contribution in [0.1, 0.15) is 78.8 Å². The van der Waals surface area contributed by atoms with E-state index in [0.717, 1.165) is 34.7 Å². The van der Waals surface area contributed by atoms with Gasteiger partial charge in [-0.25, -0.2) is 4.39 Å². The van der Waals surface area contributed by atoms with Gasteiger partial charge in [0, 0.05) is 36.5 Å². The average Bonchev–Trinajstić information content (AvgIpc) is 3.64. The highest BCUT2D eigenvalue weighted by atomic mass is 19.1. The third-order valence-electron chi connectivity index (χ3n) is 7.51. The van der Waals surface area contributed by atoms with Gasteiger partial charge in [-0.3, -0.25) is 14.6 Å². The molecule has 0 N–H and O–H groups in total. The van der Waals surface area contributed by atoms with E-state index in [4.69, 9.17) is 0 Å². The molecule has 5 rings (SSSR count). The van der Waals surface area contributed by atoms with E-state index in [9.17, 15) is 14.0 Å². The van der Waals surface area contributed by atoms with Crippen LogP contribution < -0.4 is 0 Å². The zero-order chi connectivity index (χ0) is 22.8. The monoisotopic (exact) mass is 443 g/mol. The third-order valence-corrected chi connectivity index (χ3v) is 7.51. The van der Waals surface area contributed by atoms with Crippen molar-refractivity contribution in [1.29, 1.82) is 0 Å². The number of fused-ring (bicyclic) bond motifs is 1. The number of nitrogens with zero attached hydrogens (tertiary/aromatic N) is 1. The minimum atomic E-state index is -0.442. The molecular weight excluding hydrogens is 413 g/mol. The summed E-state index contributed by atoms with van der Waals surface area (Å²) in [7, 11) is 0. The number of ketones is 2. The molecule has 2 saturated carbocycles. The van der Waals surface area contributed by atoms with Gasteiger partial charge in [-0.15, -0.1) is 0 Å². The van der Waals surface area contributed by atoms with Gasteiger partial charge in [-0.1, -0.05) is 56.4 Å². The van der Waals surface area contributed by atoms with Crippen LogP contribution in [0.4, 0.5) is 4.39 Å². The Kier molecular flexibility index (Phi) is 6.34. The number of hydrogen-bond acceptors (Lipinski definition) is 3. The van der Waals surface area contributed by atoms with Crippen molar-refractivity contribution in [3.05, 3.63) is 77.4 Å². The van der Waals surface area contributed by atoms with E-state index in [2.05, 4.69) is 4.98 Å². The highest BCUT2D eigenvalue weighted by Gasteiger charge is 2.43. The van der Waals surface area contributed by atoms with Gasteiger partial charge in [0.25, 0.3) is 0 Å². The summed E-state index contributed by atoms with van der Waals surface area (Å²) in [6.07, 6.45) is 12.2. The summed E-state index contributed by atoms with van der Waals surface area (Å²) in [6.45, 7) is 0. The molecule has 3 nitrogen and oxygen atoms in total. The average molecular weight is 444 g/mol. The van der Waals surface area contributed by atoms with Gasteiger partial charge in [-0.05, 0) is 59.4 Å². The Bertz CT molecular complexity index is 1180. The minimum absolute atomic E-state index is 0.0584. The van der Waals surface area contributed by atoms with E-state index < -0.39 is 5.82 Å². The largest absolute Gasteiger partial charge is 0.299 e. The Labute approximate surface area is 194 Å². The van der Waals surface area contributed by atoms with Gasteiger partial charge in [0.1, 0.15) is 11.6 Å². The Morgan fingerprint density at radius 2 is 1.82 bits per heavy atom. The van der Waals surface area contributed by atoms with E-state index in [-0.39, 0.29) is 29.0 Å². The van der Waals surface area contributed by atoms with Crippen LogP contribution in [0.25, 0.3) is 10.8 Å². The molecule has 0 saturated heterocycles. The number of pyridine rings is 1. The maximum Gasteiger partial charge on any atom is 0.165 e. The predicted molar refractivity (Wildman–Crippen MR) is 128 cm³/mol. The quantitative estimate of drug-likeness (QED) is 0.358. The van der Waals surface area contributed by atoms with Gasteiger partial charge in [0.2, 0.25) is 0 Å². The lowest BCUT2D eigenvalue weighted by Gasteiger charge is -2.20. The van der Waals surface area contributed by atoms with Crippen LogP contribution in [0.5, 0.6) is 0 Å². The predicted octanol–water partition coefficient (Wildman–Crippen LogP) is 6.83. The van der Waals surface area contributed by atoms with Crippen molar-refractivity contribution in [2.45, 2.75) is 63.7 Å². The highest BCUT2D eigenvalue weighted by Crippen LogP contribution is 2.48. The third kappa shape index (κ3) is 5.05. The first-order valence-electron chi connectivity index (χ1n) is 12.3. The number of rotatable bonds is 8. The van der Waals surface area contributed by atoms with Crippen LogP contribution in [0.3, 0.4) is 0 Å². The molecule has 3 aromatic rings. The lowest BCUT2D eigenvalue weighted by molar-refractivity contribution is -0.119. The first-order chi connectivity index (χ1) is 16.1. The molecule has 1 heterocycles. The van der Waals surface area contributed by atoms with Crippen LogP contribution >= 0.6 is 0 Å². The molecule has 0 radical (unpaired) electrons. The molecule has 0 spiro atoms. The number of Topliss-reactive ketones (excluding diaryl/α,β-unsaturated/α-hetero) is 2. The Balaban J connectivity index is 1.18. The zero-order valence-corrected chi connectivity index (χ0v) is 18.9. The van der Waals surface area contributed by atoms with Gasteiger partial charge in [0.05, 0.1) is 5.56 Å². The van der Waals surface area contributed by atoms with Crippen LogP contribution in [-0.4, -0.2) is 16.6 Å². The summed E-state index contributed by atoms with van der Waals surface area (Å²) in [5.41, 5.74) is 2.03. The van der Waals surface area contributed by atoms with Crippen molar-refractivity contribution in [2.75, 3.05) is 0 Å². The number of hydrogen-bond donors (Lipinski definition) is 0.